The zero-order chi connectivity index (χ0) is 48.3. The van der Waals surface area contributed by atoms with Gasteiger partial charge in [0.1, 0.15) is 0 Å². The van der Waals surface area contributed by atoms with Crippen molar-refractivity contribution in [1.29, 1.82) is 0 Å². The van der Waals surface area contributed by atoms with Gasteiger partial charge in [-0.25, -0.2) is 0 Å². The van der Waals surface area contributed by atoms with Gasteiger partial charge in [0.15, 0.2) is 0 Å². The Morgan fingerprint density at radius 3 is 1.46 bits per heavy atom. The molecule has 70 heavy (non-hydrogen) atoms. The molecule has 4 aliphatic rings. The molecule has 9 aromatic rings. The van der Waals surface area contributed by atoms with Gasteiger partial charge in [0.2, 0.25) is 0 Å². The van der Waals surface area contributed by atoms with E-state index in [0.29, 0.717) is 0 Å². The summed E-state index contributed by atoms with van der Waals surface area (Å²) in [5.74, 6) is 0. The quantitative estimate of drug-likeness (QED) is 0.170. The molecule has 0 saturated heterocycles. The van der Waals surface area contributed by atoms with E-state index >= 15 is 0 Å². The molecule has 0 bridgehead atoms. The van der Waals surface area contributed by atoms with E-state index in [1.807, 2.05) is 0 Å². The van der Waals surface area contributed by atoms with Crippen LogP contribution in [0.15, 0.2) is 188 Å². The molecule has 1 heteroatoms. The van der Waals surface area contributed by atoms with Gasteiger partial charge in [0, 0.05) is 27.8 Å². The first-order valence-electron chi connectivity index (χ1n) is 25.4. The van der Waals surface area contributed by atoms with Crippen molar-refractivity contribution in [1.82, 2.24) is 0 Å². The Morgan fingerprint density at radius 1 is 0.343 bits per heavy atom. The van der Waals surface area contributed by atoms with Crippen LogP contribution in [0.3, 0.4) is 0 Å². The van der Waals surface area contributed by atoms with Crippen LogP contribution in [0.2, 0.25) is 0 Å². The molecule has 0 fully saturated rings. The normalized spacial score (nSPS) is 15.6. The van der Waals surface area contributed by atoms with Crippen molar-refractivity contribution in [3.8, 4) is 55.6 Å². The Balaban J connectivity index is 1.10. The molecule has 1 nitrogen and oxygen atoms in total. The largest absolute Gasteiger partial charge is 0.310 e. The van der Waals surface area contributed by atoms with Crippen molar-refractivity contribution in [2.75, 3.05) is 4.90 Å². The molecule has 0 N–H and O–H groups in total. The van der Waals surface area contributed by atoms with Crippen LogP contribution < -0.4 is 4.90 Å². The molecule has 0 aromatic heterocycles. The highest BCUT2D eigenvalue weighted by atomic mass is 15.1. The maximum Gasteiger partial charge on any atom is 0.0729 e. The van der Waals surface area contributed by atoms with E-state index in [2.05, 4.69) is 262 Å². The highest BCUT2D eigenvalue weighted by molar-refractivity contribution is 6.03. The number of hydrogen-bond acceptors (Lipinski definition) is 1. The number of fused-ring (bicyclic) bond motifs is 16. The predicted octanol–water partition coefficient (Wildman–Crippen LogP) is 18.4. The molecule has 9 aromatic carbocycles. The van der Waals surface area contributed by atoms with E-state index in [4.69, 9.17) is 0 Å². The fraction of sp³-hybridized carbons (Fsp3) is 0.217. The molecule has 0 aliphatic heterocycles. The van der Waals surface area contributed by atoms with Gasteiger partial charge in [0.05, 0.1) is 11.1 Å². The molecule has 0 unspecified atom stereocenters. The van der Waals surface area contributed by atoms with Crippen LogP contribution in [0.1, 0.15) is 125 Å². The van der Waals surface area contributed by atoms with E-state index in [1.54, 1.807) is 0 Å². The predicted molar refractivity (Wildman–Crippen MR) is 295 cm³/mol. The maximum atomic E-state index is 2.59. The van der Waals surface area contributed by atoms with Crippen molar-refractivity contribution in [3.63, 3.8) is 0 Å². The van der Waals surface area contributed by atoms with Crippen LogP contribution in [0.25, 0.3) is 55.6 Å². The van der Waals surface area contributed by atoms with Crippen molar-refractivity contribution in [2.24, 2.45) is 0 Å². The Hall–Kier alpha value is -7.22. The summed E-state index contributed by atoms with van der Waals surface area (Å²) in [5.41, 5.74) is 29.6. The summed E-state index contributed by atoms with van der Waals surface area (Å²) in [6.07, 6.45) is 0. The third kappa shape index (κ3) is 5.67. The first-order chi connectivity index (χ1) is 33.5. The van der Waals surface area contributed by atoms with Crippen molar-refractivity contribution in [2.45, 2.75) is 96.3 Å². The highest BCUT2D eigenvalue weighted by Crippen LogP contribution is 2.67. The standard InChI is InChI=1S/C69H61N/c1-65(2,3)43-39-52-63-58(69(64(52)60(40-43)66(4,5)6)55-28-17-12-22-48(55)49-23-13-18-29-56(49)69)31-20-32-61(63)70(45-37-38-50-47-21-11-15-26-53(47)68(9,10)59(50)41-45)44-35-33-42(34-36-44)46-25-19-30-57-62(46)51-24-14-16-27-54(51)67(57,7)8/h11-41H,1-10H3. The first kappa shape index (κ1) is 42.8. The van der Waals surface area contributed by atoms with Crippen LogP contribution in [-0.4, -0.2) is 0 Å². The molecule has 4 aliphatic carbocycles. The lowest BCUT2D eigenvalue weighted by Crippen LogP contribution is -2.30. The maximum absolute atomic E-state index is 2.59. The molecule has 0 radical (unpaired) electrons. The average Bonchev–Trinajstić information content (AvgIpc) is 3.99. The van der Waals surface area contributed by atoms with Gasteiger partial charge in [-0.2, -0.15) is 0 Å². The van der Waals surface area contributed by atoms with Crippen LogP contribution >= 0.6 is 0 Å². The molecule has 0 saturated carbocycles. The fourth-order valence-corrected chi connectivity index (χ4v) is 13.6. The summed E-state index contributed by atoms with van der Waals surface area (Å²) >= 11 is 0. The summed E-state index contributed by atoms with van der Waals surface area (Å²) in [4.78, 5) is 2.59. The van der Waals surface area contributed by atoms with Crippen LogP contribution in [0.4, 0.5) is 17.1 Å². The van der Waals surface area contributed by atoms with Gasteiger partial charge in [-0.3, -0.25) is 0 Å². The van der Waals surface area contributed by atoms with Gasteiger partial charge in [0.25, 0.3) is 0 Å². The molecule has 1 spiro atoms. The summed E-state index contributed by atoms with van der Waals surface area (Å²) < 4.78 is 0. The second-order valence-corrected chi connectivity index (χ2v) is 23.7. The zero-order valence-corrected chi connectivity index (χ0v) is 42.3. The van der Waals surface area contributed by atoms with E-state index < -0.39 is 5.41 Å². The number of nitrogens with zero attached hydrogens (tertiary/aromatic N) is 1. The minimum Gasteiger partial charge on any atom is -0.310 e. The number of rotatable bonds is 4. The lowest BCUT2D eigenvalue weighted by Gasteiger charge is -2.36. The second-order valence-electron chi connectivity index (χ2n) is 23.7. The Morgan fingerprint density at radius 2 is 0.829 bits per heavy atom. The number of anilines is 3. The molecule has 0 amide bonds. The van der Waals surface area contributed by atoms with Crippen molar-refractivity contribution in [3.05, 3.63) is 244 Å². The molecule has 0 heterocycles. The SMILES string of the molecule is CC(C)(C)c1cc2c(c(C(C)(C)C)c1)C1(c3ccccc3-c3ccccc31)c1cccc(N(c3ccc(-c4cccc5c4-c4ccccc4C5(C)C)cc3)c3ccc4c(c3)C(C)(C)c3ccccc3-4)c1-2. The minimum absolute atomic E-state index is 0.0684. The van der Waals surface area contributed by atoms with E-state index in [1.165, 1.54) is 117 Å². The molecule has 13 rings (SSSR count). The fourth-order valence-electron chi connectivity index (χ4n) is 13.6. The molecular formula is C69H61N. The lowest BCUT2D eigenvalue weighted by atomic mass is 9.65. The average molecular weight is 904 g/mol. The van der Waals surface area contributed by atoms with Crippen LogP contribution in [-0.2, 0) is 27.1 Å². The zero-order valence-electron chi connectivity index (χ0n) is 42.3. The minimum atomic E-state index is -0.512. The van der Waals surface area contributed by atoms with Gasteiger partial charge >= 0.3 is 0 Å². The van der Waals surface area contributed by atoms with Gasteiger partial charge in [-0.05, 0) is 147 Å². The first-order valence-corrected chi connectivity index (χ1v) is 25.4. The highest BCUT2D eigenvalue weighted by Gasteiger charge is 2.55. The smallest absolute Gasteiger partial charge is 0.0729 e. The Bertz CT molecular complexity index is 3630. The number of benzene rings is 9. The molecular weight excluding hydrogens is 843 g/mol. The molecule has 0 atom stereocenters. The molecule has 342 valence electrons. The third-order valence-electron chi connectivity index (χ3n) is 17.0. The summed E-state index contributed by atoms with van der Waals surface area (Å²) in [6.45, 7) is 23.9. The topological polar surface area (TPSA) is 3.24 Å². The number of hydrogen-bond donors (Lipinski definition) is 0. The monoisotopic (exact) mass is 903 g/mol. The van der Waals surface area contributed by atoms with Gasteiger partial charge in [-0.1, -0.05) is 227 Å². The van der Waals surface area contributed by atoms with Crippen LogP contribution in [0.5, 0.6) is 0 Å². The van der Waals surface area contributed by atoms with E-state index in [9.17, 15) is 0 Å². The Kier molecular flexibility index (Phi) is 8.83. The van der Waals surface area contributed by atoms with E-state index in [0.717, 1.165) is 11.4 Å². The lowest BCUT2D eigenvalue weighted by molar-refractivity contribution is 0.558. The summed E-state index contributed by atoms with van der Waals surface area (Å²) in [7, 11) is 0. The van der Waals surface area contributed by atoms with Crippen LogP contribution in [0, 0.1) is 0 Å². The van der Waals surface area contributed by atoms with Gasteiger partial charge in [-0.15, -0.1) is 0 Å². The third-order valence-corrected chi connectivity index (χ3v) is 17.0. The second kappa shape index (κ2) is 14.4. The summed E-state index contributed by atoms with van der Waals surface area (Å²) in [6, 6.07) is 72.5. The Labute approximate surface area is 415 Å². The van der Waals surface area contributed by atoms with Crippen molar-refractivity contribution >= 4 is 17.1 Å². The van der Waals surface area contributed by atoms with Gasteiger partial charge < -0.3 is 4.90 Å². The summed E-state index contributed by atoms with van der Waals surface area (Å²) in [5, 5.41) is 0. The van der Waals surface area contributed by atoms with E-state index in [-0.39, 0.29) is 21.7 Å². The van der Waals surface area contributed by atoms with Crippen molar-refractivity contribution < 1.29 is 0 Å².